The van der Waals surface area contributed by atoms with Crippen LogP contribution in [0.1, 0.15) is 53.4 Å². The summed E-state index contributed by atoms with van der Waals surface area (Å²) in [4.78, 5) is 11.9. The van der Waals surface area contributed by atoms with Crippen molar-refractivity contribution in [3.05, 3.63) is 0 Å². The molecule has 1 amide bonds. The molecule has 1 rings (SSSR count). The zero-order chi connectivity index (χ0) is 14.5. The molecule has 1 aliphatic rings. The second kappa shape index (κ2) is 7.25. The minimum Gasteiger partial charge on any atom is -0.378 e. The van der Waals surface area contributed by atoms with E-state index in [2.05, 4.69) is 26.1 Å². The van der Waals surface area contributed by atoms with Crippen molar-refractivity contribution in [2.24, 2.45) is 17.1 Å². The average Bonchev–Trinajstić information content (AvgIpc) is 2.36. The molecule has 4 heteroatoms. The molecule has 112 valence electrons. The molecule has 0 radical (unpaired) electrons. The number of ether oxygens (including phenoxy) is 1. The van der Waals surface area contributed by atoms with E-state index >= 15 is 0 Å². The molecule has 0 heterocycles. The second-order valence-electron chi connectivity index (χ2n) is 6.44. The van der Waals surface area contributed by atoms with Crippen molar-refractivity contribution in [2.45, 2.75) is 65.5 Å². The standard InChI is InChI=1S/C15H30N2O2/c1-5-6-7-19-13-9-12(15(13,3)4)17-14(18)8-11(2)10-16/h11-13H,5-10,16H2,1-4H3,(H,17,18)/t11-,12+,13+/m0/s1. The van der Waals surface area contributed by atoms with Gasteiger partial charge in [-0.3, -0.25) is 4.79 Å². The van der Waals surface area contributed by atoms with Crippen LogP contribution in [0.5, 0.6) is 0 Å². The molecule has 3 atom stereocenters. The van der Waals surface area contributed by atoms with Crippen LogP contribution in [0.3, 0.4) is 0 Å². The molecular formula is C15H30N2O2. The zero-order valence-corrected chi connectivity index (χ0v) is 12.9. The molecule has 3 N–H and O–H groups in total. The fourth-order valence-electron chi connectivity index (χ4n) is 2.44. The molecule has 0 aromatic carbocycles. The number of unbranched alkanes of at least 4 members (excludes halogenated alkanes) is 1. The Bertz CT molecular complexity index is 292. The van der Waals surface area contributed by atoms with Crippen LogP contribution < -0.4 is 11.1 Å². The van der Waals surface area contributed by atoms with Crippen molar-refractivity contribution in [1.29, 1.82) is 0 Å². The third kappa shape index (κ3) is 4.46. The van der Waals surface area contributed by atoms with Gasteiger partial charge in [-0.2, -0.15) is 0 Å². The van der Waals surface area contributed by atoms with Crippen LogP contribution >= 0.6 is 0 Å². The Morgan fingerprint density at radius 2 is 2.21 bits per heavy atom. The predicted molar refractivity (Wildman–Crippen MR) is 77.8 cm³/mol. The third-order valence-electron chi connectivity index (χ3n) is 4.27. The molecule has 1 fully saturated rings. The topological polar surface area (TPSA) is 64.3 Å². The van der Waals surface area contributed by atoms with Gasteiger partial charge in [-0.1, -0.05) is 34.1 Å². The molecule has 0 bridgehead atoms. The van der Waals surface area contributed by atoms with E-state index in [-0.39, 0.29) is 29.4 Å². The summed E-state index contributed by atoms with van der Waals surface area (Å²) in [5.41, 5.74) is 5.58. The lowest BCUT2D eigenvalue weighted by Gasteiger charge is -2.51. The first-order valence-electron chi connectivity index (χ1n) is 7.52. The van der Waals surface area contributed by atoms with Gasteiger partial charge in [0.15, 0.2) is 0 Å². The van der Waals surface area contributed by atoms with Crippen molar-refractivity contribution >= 4 is 5.91 Å². The third-order valence-corrected chi connectivity index (χ3v) is 4.27. The van der Waals surface area contributed by atoms with Gasteiger partial charge in [0, 0.05) is 24.5 Å². The van der Waals surface area contributed by atoms with Crippen LogP contribution in [-0.4, -0.2) is 31.2 Å². The lowest BCUT2D eigenvalue weighted by Crippen LogP contribution is -2.62. The Hall–Kier alpha value is -0.610. The van der Waals surface area contributed by atoms with Gasteiger partial charge in [-0.25, -0.2) is 0 Å². The summed E-state index contributed by atoms with van der Waals surface area (Å²) in [6.07, 6.45) is 3.99. The number of carbonyl (C=O) groups is 1. The van der Waals surface area contributed by atoms with Crippen LogP contribution in [0, 0.1) is 11.3 Å². The van der Waals surface area contributed by atoms with E-state index in [1.54, 1.807) is 0 Å². The van der Waals surface area contributed by atoms with E-state index < -0.39 is 0 Å². The quantitative estimate of drug-likeness (QED) is 0.664. The first kappa shape index (κ1) is 16.4. The highest BCUT2D eigenvalue weighted by atomic mass is 16.5. The van der Waals surface area contributed by atoms with Crippen molar-refractivity contribution < 1.29 is 9.53 Å². The maximum Gasteiger partial charge on any atom is 0.220 e. The minimum atomic E-state index is 0.0371. The molecule has 0 saturated heterocycles. The van der Waals surface area contributed by atoms with E-state index in [4.69, 9.17) is 10.5 Å². The summed E-state index contributed by atoms with van der Waals surface area (Å²) in [5.74, 6) is 0.364. The molecule has 19 heavy (non-hydrogen) atoms. The van der Waals surface area contributed by atoms with E-state index in [0.717, 1.165) is 25.9 Å². The molecule has 0 spiro atoms. The van der Waals surface area contributed by atoms with Gasteiger partial charge in [-0.05, 0) is 25.3 Å². The normalized spacial score (nSPS) is 26.6. The monoisotopic (exact) mass is 270 g/mol. The zero-order valence-electron chi connectivity index (χ0n) is 12.9. The van der Waals surface area contributed by atoms with E-state index in [9.17, 15) is 4.79 Å². The van der Waals surface area contributed by atoms with Crippen molar-refractivity contribution in [3.63, 3.8) is 0 Å². The van der Waals surface area contributed by atoms with Crippen LogP contribution in [0.4, 0.5) is 0 Å². The summed E-state index contributed by atoms with van der Waals surface area (Å²) < 4.78 is 5.88. The van der Waals surface area contributed by atoms with Gasteiger partial charge in [0.1, 0.15) is 0 Å². The lowest BCUT2D eigenvalue weighted by molar-refractivity contribution is -0.138. The predicted octanol–water partition coefficient (Wildman–Crippen LogP) is 2.07. The molecule has 1 saturated carbocycles. The highest BCUT2D eigenvalue weighted by Gasteiger charge is 2.49. The van der Waals surface area contributed by atoms with E-state index in [1.165, 1.54) is 0 Å². The van der Waals surface area contributed by atoms with E-state index in [0.29, 0.717) is 13.0 Å². The van der Waals surface area contributed by atoms with Crippen LogP contribution in [0.15, 0.2) is 0 Å². The Morgan fingerprint density at radius 3 is 2.74 bits per heavy atom. The van der Waals surface area contributed by atoms with Crippen LogP contribution in [-0.2, 0) is 9.53 Å². The van der Waals surface area contributed by atoms with Gasteiger partial charge in [0.2, 0.25) is 5.91 Å². The summed E-state index contributed by atoms with van der Waals surface area (Å²) in [6, 6.07) is 0.233. The fourth-order valence-corrected chi connectivity index (χ4v) is 2.44. The maximum atomic E-state index is 11.9. The molecule has 0 aliphatic heterocycles. The van der Waals surface area contributed by atoms with Gasteiger partial charge in [-0.15, -0.1) is 0 Å². The maximum absolute atomic E-state index is 11.9. The molecular weight excluding hydrogens is 240 g/mol. The Kier molecular flexibility index (Phi) is 6.27. The SMILES string of the molecule is CCCCO[C@@H]1C[C@@H](NC(=O)C[C@H](C)CN)C1(C)C. The van der Waals surface area contributed by atoms with Gasteiger partial charge in [0.25, 0.3) is 0 Å². The first-order chi connectivity index (χ1) is 8.91. The molecule has 4 nitrogen and oxygen atoms in total. The number of nitrogens with two attached hydrogens (primary N) is 1. The van der Waals surface area contributed by atoms with Crippen molar-refractivity contribution in [2.75, 3.05) is 13.2 Å². The highest BCUT2D eigenvalue weighted by molar-refractivity contribution is 5.76. The average molecular weight is 270 g/mol. The summed E-state index contributed by atoms with van der Waals surface area (Å²) in [5, 5.41) is 3.12. The highest BCUT2D eigenvalue weighted by Crippen LogP contribution is 2.42. The summed E-state index contributed by atoms with van der Waals surface area (Å²) in [7, 11) is 0. The number of nitrogens with one attached hydrogen (secondary N) is 1. The molecule has 1 aliphatic carbocycles. The van der Waals surface area contributed by atoms with Crippen molar-refractivity contribution in [3.8, 4) is 0 Å². The Labute approximate surface area is 117 Å². The van der Waals surface area contributed by atoms with Gasteiger partial charge >= 0.3 is 0 Å². The van der Waals surface area contributed by atoms with Crippen molar-refractivity contribution in [1.82, 2.24) is 5.32 Å². The second-order valence-corrected chi connectivity index (χ2v) is 6.44. The molecule has 0 aromatic heterocycles. The largest absolute Gasteiger partial charge is 0.378 e. The number of carbonyl (C=O) groups excluding carboxylic acids is 1. The molecule has 0 aromatic rings. The Morgan fingerprint density at radius 1 is 1.53 bits per heavy atom. The number of hydrogen-bond donors (Lipinski definition) is 2. The number of amides is 1. The summed E-state index contributed by atoms with van der Waals surface area (Å²) in [6.45, 7) is 9.90. The molecule has 0 unspecified atom stereocenters. The number of rotatable bonds is 8. The van der Waals surface area contributed by atoms with Gasteiger partial charge in [0.05, 0.1) is 6.10 Å². The van der Waals surface area contributed by atoms with Crippen LogP contribution in [0.2, 0.25) is 0 Å². The van der Waals surface area contributed by atoms with Gasteiger partial charge < -0.3 is 15.8 Å². The lowest BCUT2D eigenvalue weighted by atomic mass is 9.64. The summed E-state index contributed by atoms with van der Waals surface area (Å²) >= 11 is 0. The number of hydrogen-bond acceptors (Lipinski definition) is 3. The first-order valence-corrected chi connectivity index (χ1v) is 7.52. The smallest absolute Gasteiger partial charge is 0.220 e. The minimum absolute atomic E-state index is 0.0371. The fraction of sp³-hybridized carbons (Fsp3) is 0.933. The van der Waals surface area contributed by atoms with E-state index in [1.807, 2.05) is 6.92 Å². The van der Waals surface area contributed by atoms with Crippen LogP contribution in [0.25, 0.3) is 0 Å². The Balaban J connectivity index is 2.32.